The van der Waals surface area contributed by atoms with Crippen molar-refractivity contribution in [2.24, 2.45) is 11.7 Å². The van der Waals surface area contributed by atoms with Gasteiger partial charge in [-0.25, -0.2) is 0 Å². The first-order valence-corrected chi connectivity index (χ1v) is 8.74. The lowest BCUT2D eigenvalue weighted by Crippen LogP contribution is -2.42. The molecule has 2 N–H and O–H groups in total. The number of amides is 2. The van der Waals surface area contributed by atoms with E-state index in [1.165, 1.54) is 0 Å². The van der Waals surface area contributed by atoms with Gasteiger partial charge in [-0.3, -0.25) is 14.6 Å². The van der Waals surface area contributed by atoms with Crippen molar-refractivity contribution in [2.45, 2.75) is 44.8 Å². The second kappa shape index (κ2) is 7.39. The molecule has 0 aliphatic carbocycles. The van der Waals surface area contributed by atoms with Crippen LogP contribution in [-0.2, 0) is 9.53 Å². The number of likely N-dealkylation sites (tertiary alicyclic amines) is 1. The molecule has 1 aromatic rings. The van der Waals surface area contributed by atoms with E-state index in [2.05, 4.69) is 4.98 Å². The SMILES string of the molecule is COc1cncc(C(=O)N2CCC([C@@H]3CC[C@H](C(N)=O)O3)CC2)c1C. The number of carbonyl (C=O) groups excluding carboxylic acids is 2. The molecule has 0 unspecified atom stereocenters. The Hall–Kier alpha value is -2.15. The average Bonchev–Trinajstić information content (AvgIpc) is 3.12. The monoisotopic (exact) mass is 347 g/mol. The van der Waals surface area contributed by atoms with Gasteiger partial charge in [-0.2, -0.15) is 0 Å². The zero-order valence-electron chi connectivity index (χ0n) is 14.7. The fourth-order valence-corrected chi connectivity index (χ4v) is 3.79. The van der Waals surface area contributed by atoms with E-state index in [9.17, 15) is 9.59 Å². The predicted molar refractivity (Wildman–Crippen MR) is 91.2 cm³/mol. The van der Waals surface area contributed by atoms with E-state index < -0.39 is 6.10 Å². The van der Waals surface area contributed by atoms with E-state index in [4.69, 9.17) is 15.2 Å². The molecule has 0 radical (unpaired) electrons. The van der Waals surface area contributed by atoms with E-state index in [-0.39, 0.29) is 17.9 Å². The molecule has 7 heteroatoms. The van der Waals surface area contributed by atoms with Crippen molar-refractivity contribution in [1.82, 2.24) is 9.88 Å². The van der Waals surface area contributed by atoms with Crippen LogP contribution in [0.5, 0.6) is 5.75 Å². The Bertz CT molecular complexity index is 656. The first-order valence-electron chi connectivity index (χ1n) is 8.74. The minimum atomic E-state index is -0.449. The summed E-state index contributed by atoms with van der Waals surface area (Å²) in [5, 5.41) is 0. The second-order valence-electron chi connectivity index (χ2n) is 6.79. The minimum Gasteiger partial charge on any atom is -0.495 e. The first-order chi connectivity index (χ1) is 12.0. The van der Waals surface area contributed by atoms with Gasteiger partial charge in [0.1, 0.15) is 11.9 Å². The van der Waals surface area contributed by atoms with Crippen LogP contribution in [0.4, 0.5) is 0 Å². The van der Waals surface area contributed by atoms with Gasteiger partial charge in [0.05, 0.1) is 25.0 Å². The molecule has 136 valence electrons. The highest BCUT2D eigenvalue weighted by molar-refractivity contribution is 5.96. The van der Waals surface area contributed by atoms with E-state index >= 15 is 0 Å². The molecule has 7 nitrogen and oxygen atoms in total. The molecule has 2 saturated heterocycles. The Morgan fingerprint density at radius 1 is 1.24 bits per heavy atom. The quantitative estimate of drug-likeness (QED) is 0.885. The van der Waals surface area contributed by atoms with E-state index in [1.807, 2.05) is 11.8 Å². The van der Waals surface area contributed by atoms with Gasteiger partial charge < -0.3 is 20.1 Å². The summed E-state index contributed by atoms with van der Waals surface area (Å²) in [5.41, 5.74) is 6.72. The van der Waals surface area contributed by atoms with E-state index in [0.29, 0.717) is 36.7 Å². The van der Waals surface area contributed by atoms with Gasteiger partial charge in [-0.1, -0.05) is 0 Å². The fraction of sp³-hybridized carbons (Fsp3) is 0.611. The Morgan fingerprint density at radius 2 is 1.96 bits per heavy atom. The lowest BCUT2D eigenvalue weighted by Gasteiger charge is -2.34. The largest absolute Gasteiger partial charge is 0.495 e. The Morgan fingerprint density at radius 3 is 2.56 bits per heavy atom. The number of primary amides is 1. The zero-order chi connectivity index (χ0) is 18.0. The molecule has 2 fully saturated rings. The smallest absolute Gasteiger partial charge is 0.255 e. The van der Waals surface area contributed by atoms with Crippen molar-refractivity contribution >= 4 is 11.8 Å². The van der Waals surface area contributed by atoms with Crippen LogP contribution in [0.25, 0.3) is 0 Å². The fourth-order valence-electron chi connectivity index (χ4n) is 3.79. The highest BCUT2D eigenvalue weighted by Crippen LogP contribution is 2.32. The van der Waals surface area contributed by atoms with Gasteiger partial charge in [0.25, 0.3) is 5.91 Å². The molecular formula is C18H25N3O4. The molecule has 2 amide bonds. The average molecular weight is 347 g/mol. The third kappa shape index (κ3) is 3.61. The van der Waals surface area contributed by atoms with Gasteiger partial charge in [0, 0.05) is 24.8 Å². The van der Waals surface area contributed by atoms with Crippen LogP contribution in [0, 0.1) is 12.8 Å². The maximum Gasteiger partial charge on any atom is 0.255 e. The molecule has 0 aromatic carbocycles. The number of hydrogen-bond acceptors (Lipinski definition) is 5. The molecule has 2 atom stereocenters. The molecule has 3 heterocycles. The lowest BCUT2D eigenvalue weighted by atomic mass is 9.89. The molecule has 2 aliphatic heterocycles. The van der Waals surface area contributed by atoms with Crippen LogP contribution >= 0.6 is 0 Å². The lowest BCUT2D eigenvalue weighted by molar-refractivity contribution is -0.130. The summed E-state index contributed by atoms with van der Waals surface area (Å²) in [6.07, 6.45) is 6.16. The van der Waals surface area contributed by atoms with Crippen molar-refractivity contribution in [2.75, 3.05) is 20.2 Å². The maximum atomic E-state index is 12.8. The van der Waals surface area contributed by atoms with Crippen LogP contribution in [-0.4, -0.2) is 54.1 Å². The van der Waals surface area contributed by atoms with Crippen molar-refractivity contribution in [3.63, 3.8) is 0 Å². The highest BCUT2D eigenvalue weighted by Gasteiger charge is 2.36. The zero-order valence-corrected chi connectivity index (χ0v) is 14.7. The van der Waals surface area contributed by atoms with Gasteiger partial charge >= 0.3 is 0 Å². The third-order valence-corrected chi connectivity index (χ3v) is 5.34. The number of rotatable bonds is 4. The molecule has 0 saturated carbocycles. The summed E-state index contributed by atoms with van der Waals surface area (Å²) in [4.78, 5) is 30.0. The maximum absolute atomic E-state index is 12.8. The number of nitrogens with two attached hydrogens (primary N) is 1. The van der Waals surface area contributed by atoms with Crippen molar-refractivity contribution in [3.05, 3.63) is 23.5 Å². The van der Waals surface area contributed by atoms with Gasteiger partial charge in [-0.05, 0) is 38.5 Å². The summed E-state index contributed by atoms with van der Waals surface area (Å²) in [6.45, 7) is 3.24. The van der Waals surface area contributed by atoms with Crippen molar-refractivity contribution in [1.29, 1.82) is 0 Å². The summed E-state index contributed by atoms with van der Waals surface area (Å²) >= 11 is 0. The molecule has 0 bridgehead atoms. The third-order valence-electron chi connectivity index (χ3n) is 5.34. The number of aromatic nitrogens is 1. The van der Waals surface area contributed by atoms with Crippen LogP contribution in [0.2, 0.25) is 0 Å². The number of nitrogens with zero attached hydrogens (tertiary/aromatic N) is 2. The van der Waals surface area contributed by atoms with Gasteiger partial charge in [-0.15, -0.1) is 0 Å². The van der Waals surface area contributed by atoms with Crippen LogP contribution < -0.4 is 10.5 Å². The standard InChI is InChI=1S/C18H25N3O4/c1-11-13(9-20-10-16(11)24-2)18(23)21-7-5-12(6-8-21)14-3-4-15(25-14)17(19)22/h9-10,12,14-15H,3-8H2,1-2H3,(H2,19,22)/t14-,15+/m0/s1. The Labute approximate surface area is 147 Å². The first kappa shape index (κ1) is 17.7. The Balaban J connectivity index is 1.59. The predicted octanol–water partition coefficient (Wildman–Crippen LogP) is 1.28. The summed E-state index contributed by atoms with van der Waals surface area (Å²) in [7, 11) is 1.57. The number of hydrogen-bond donors (Lipinski definition) is 1. The normalized spacial score (nSPS) is 24.3. The van der Waals surface area contributed by atoms with E-state index in [1.54, 1.807) is 19.5 Å². The summed E-state index contributed by atoms with van der Waals surface area (Å²) in [6, 6.07) is 0. The van der Waals surface area contributed by atoms with Crippen LogP contribution in [0.15, 0.2) is 12.4 Å². The summed E-state index contributed by atoms with van der Waals surface area (Å²) < 4.78 is 11.0. The number of pyridine rings is 1. The molecule has 1 aromatic heterocycles. The van der Waals surface area contributed by atoms with Gasteiger partial charge in [0.2, 0.25) is 5.91 Å². The molecule has 25 heavy (non-hydrogen) atoms. The second-order valence-corrected chi connectivity index (χ2v) is 6.79. The van der Waals surface area contributed by atoms with Gasteiger partial charge in [0.15, 0.2) is 0 Å². The molecule has 0 spiro atoms. The Kier molecular flexibility index (Phi) is 5.22. The molecular weight excluding hydrogens is 322 g/mol. The van der Waals surface area contributed by atoms with Crippen LogP contribution in [0.1, 0.15) is 41.6 Å². The van der Waals surface area contributed by atoms with Crippen molar-refractivity contribution < 1.29 is 19.1 Å². The number of methoxy groups -OCH3 is 1. The number of piperidine rings is 1. The van der Waals surface area contributed by atoms with Crippen molar-refractivity contribution in [3.8, 4) is 5.75 Å². The number of ether oxygens (including phenoxy) is 2. The highest BCUT2D eigenvalue weighted by atomic mass is 16.5. The van der Waals surface area contributed by atoms with E-state index in [0.717, 1.165) is 24.8 Å². The minimum absolute atomic E-state index is 0.00953. The van der Waals surface area contributed by atoms with Crippen LogP contribution in [0.3, 0.4) is 0 Å². The summed E-state index contributed by atoms with van der Waals surface area (Å²) in [5.74, 6) is 0.608. The molecule has 3 rings (SSSR count). The molecule has 2 aliphatic rings. The topological polar surface area (TPSA) is 94.8 Å². The number of carbonyl (C=O) groups is 2.